The average molecular weight is 635 g/mol. The van der Waals surface area contributed by atoms with Crippen molar-refractivity contribution in [1.82, 2.24) is 14.4 Å². The van der Waals surface area contributed by atoms with Gasteiger partial charge in [0.15, 0.2) is 5.76 Å². The van der Waals surface area contributed by atoms with E-state index in [4.69, 9.17) is 9.26 Å². The highest BCUT2D eigenvalue weighted by molar-refractivity contribution is 7.92. The van der Waals surface area contributed by atoms with Gasteiger partial charge in [-0.15, -0.1) is 0 Å². The van der Waals surface area contributed by atoms with Crippen LogP contribution >= 0.6 is 0 Å². The van der Waals surface area contributed by atoms with E-state index in [0.29, 0.717) is 11.3 Å². The number of carbonyl (C=O) groups is 1. The van der Waals surface area contributed by atoms with E-state index in [0.717, 1.165) is 5.56 Å². The Morgan fingerprint density at radius 2 is 1.79 bits per heavy atom. The summed E-state index contributed by atoms with van der Waals surface area (Å²) in [5.41, 5.74) is 1.81. The summed E-state index contributed by atoms with van der Waals surface area (Å²) in [4.78, 5) is 15.1. The third-order valence-corrected chi connectivity index (χ3v) is 11.0. The van der Waals surface area contributed by atoms with Crippen molar-refractivity contribution < 1.29 is 36.0 Å². The Hall–Kier alpha value is -3.46. The number of rotatable bonds is 9. The standard InChI is InChI=1S/C29H38N4O8S2/c1-18-7-10-25(11-8-18)42(36,37)31-24-9-12-26-23(13-24)14-28(35)33(20(3)17-34)15-19(2)27(40-26)16-32(6)43(38,39)29-21(4)30-41-22(29)5/h7-13,19-20,27,31,34H,14-17H2,1-6H3/t19-,20+,27+/m0/s1. The van der Waals surface area contributed by atoms with E-state index in [9.17, 15) is 26.7 Å². The van der Waals surface area contributed by atoms with Crippen LogP contribution in [0.1, 0.15) is 36.4 Å². The molecule has 0 fully saturated rings. The molecule has 0 aliphatic carbocycles. The Kier molecular flexibility index (Phi) is 9.54. The third kappa shape index (κ3) is 7.03. The van der Waals surface area contributed by atoms with E-state index in [2.05, 4.69) is 9.88 Å². The number of aliphatic hydroxyl groups is 1. The molecule has 1 aliphatic rings. The number of anilines is 1. The molecule has 1 aromatic heterocycles. The van der Waals surface area contributed by atoms with Crippen LogP contribution in [0.15, 0.2) is 56.8 Å². The van der Waals surface area contributed by atoms with Crippen molar-refractivity contribution in [2.45, 2.75) is 63.0 Å². The van der Waals surface area contributed by atoms with Gasteiger partial charge in [-0.05, 0) is 58.0 Å². The van der Waals surface area contributed by atoms with E-state index in [1.807, 2.05) is 13.8 Å². The lowest BCUT2D eigenvalue weighted by Gasteiger charge is -2.33. The topological polar surface area (TPSA) is 159 Å². The number of carbonyl (C=O) groups excluding carboxylic acids is 1. The molecule has 0 spiro atoms. The van der Waals surface area contributed by atoms with Gasteiger partial charge in [0, 0.05) is 30.8 Å². The van der Waals surface area contributed by atoms with Crippen molar-refractivity contribution in [3.8, 4) is 5.75 Å². The second kappa shape index (κ2) is 12.6. The normalized spacial score (nSPS) is 18.8. The zero-order valence-corrected chi connectivity index (χ0v) is 26.7. The smallest absolute Gasteiger partial charge is 0.261 e. The number of sulfonamides is 2. The zero-order valence-electron chi connectivity index (χ0n) is 25.1. The van der Waals surface area contributed by atoms with Crippen molar-refractivity contribution in [3.05, 3.63) is 65.0 Å². The molecule has 2 heterocycles. The van der Waals surface area contributed by atoms with Gasteiger partial charge in [-0.2, -0.15) is 4.31 Å². The number of fused-ring (bicyclic) bond motifs is 1. The number of likely N-dealkylation sites (N-methyl/N-ethyl adjacent to an activating group) is 1. The lowest BCUT2D eigenvalue weighted by molar-refractivity contribution is -0.134. The lowest BCUT2D eigenvalue weighted by atomic mass is 10.0. The summed E-state index contributed by atoms with van der Waals surface area (Å²) in [6, 6.07) is 10.6. The molecule has 0 bridgehead atoms. The van der Waals surface area contributed by atoms with Crippen LogP contribution in [-0.2, 0) is 31.3 Å². The fourth-order valence-corrected chi connectivity index (χ4v) is 7.51. The molecule has 0 saturated heterocycles. The van der Waals surface area contributed by atoms with Gasteiger partial charge < -0.3 is 19.3 Å². The van der Waals surface area contributed by atoms with Crippen LogP contribution < -0.4 is 9.46 Å². The van der Waals surface area contributed by atoms with Crippen molar-refractivity contribution >= 4 is 31.6 Å². The Balaban J connectivity index is 1.69. The molecular formula is C29H38N4O8S2. The zero-order chi connectivity index (χ0) is 31.7. The number of ether oxygens (including phenoxy) is 1. The highest BCUT2D eigenvalue weighted by Gasteiger charge is 2.35. The van der Waals surface area contributed by atoms with Gasteiger partial charge in [-0.3, -0.25) is 9.52 Å². The minimum Gasteiger partial charge on any atom is -0.488 e. The van der Waals surface area contributed by atoms with E-state index in [1.54, 1.807) is 36.9 Å². The van der Waals surface area contributed by atoms with Gasteiger partial charge in [0.2, 0.25) is 15.9 Å². The fraction of sp³-hybridized carbons (Fsp3) is 0.448. The summed E-state index contributed by atoms with van der Waals surface area (Å²) in [5.74, 6) is -0.141. The fourth-order valence-electron chi connectivity index (χ4n) is 4.99. The Labute approximate surface area is 252 Å². The van der Waals surface area contributed by atoms with E-state index >= 15 is 0 Å². The van der Waals surface area contributed by atoms with Crippen LogP contribution in [0.25, 0.3) is 0 Å². The molecule has 3 atom stereocenters. The van der Waals surface area contributed by atoms with Gasteiger partial charge in [0.1, 0.15) is 22.4 Å². The van der Waals surface area contributed by atoms with Crippen molar-refractivity contribution in [1.29, 1.82) is 0 Å². The van der Waals surface area contributed by atoms with Gasteiger partial charge in [-0.25, -0.2) is 16.8 Å². The maximum Gasteiger partial charge on any atom is 0.261 e. The first-order valence-corrected chi connectivity index (χ1v) is 16.7. The Morgan fingerprint density at radius 1 is 1.12 bits per heavy atom. The van der Waals surface area contributed by atoms with Crippen LogP contribution in [0.3, 0.4) is 0 Å². The first-order chi connectivity index (χ1) is 20.1. The third-order valence-electron chi connectivity index (χ3n) is 7.57. The lowest BCUT2D eigenvalue weighted by Crippen LogP contribution is -2.48. The minimum absolute atomic E-state index is 0.0117. The van der Waals surface area contributed by atoms with Crippen molar-refractivity contribution in [2.24, 2.45) is 5.92 Å². The molecule has 2 N–H and O–H groups in total. The molecule has 234 valence electrons. The number of aromatic nitrogens is 1. The molecular weight excluding hydrogens is 596 g/mol. The molecule has 0 unspecified atom stereocenters. The summed E-state index contributed by atoms with van der Waals surface area (Å²) in [5, 5.41) is 13.7. The van der Waals surface area contributed by atoms with Crippen LogP contribution in [0.4, 0.5) is 5.69 Å². The molecule has 0 radical (unpaired) electrons. The van der Waals surface area contributed by atoms with E-state index in [-0.39, 0.29) is 64.9 Å². The van der Waals surface area contributed by atoms with Crippen LogP contribution in [0, 0.1) is 26.7 Å². The van der Waals surface area contributed by atoms with Crippen LogP contribution in [-0.4, -0.2) is 81.1 Å². The Bertz CT molecular complexity index is 1670. The van der Waals surface area contributed by atoms with Gasteiger partial charge in [0.25, 0.3) is 10.0 Å². The number of aliphatic hydroxyl groups excluding tert-OH is 1. The molecule has 2 aromatic carbocycles. The molecule has 12 nitrogen and oxygen atoms in total. The van der Waals surface area contributed by atoms with Gasteiger partial charge >= 0.3 is 0 Å². The molecule has 1 amide bonds. The van der Waals surface area contributed by atoms with E-state index in [1.165, 1.54) is 42.5 Å². The number of benzene rings is 2. The molecule has 4 rings (SSSR count). The predicted molar refractivity (Wildman–Crippen MR) is 160 cm³/mol. The average Bonchev–Trinajstić information content (AvgIpc) is 3.31. The monoisotopic (exact) mass is 634 g/mol. The number of nitrogens with one attached hydrogen (secondary N) is 1. The predicted octanol–water partition coefficient (Wildman–Crippen LogP) is 2.87. The largest absolute Gasteiger partial charge is 0.488 e. The summed E-state index contributed by atoms with van der Waals surface area (Å²) in [6.07, 6.45) is -0.833. The Morgan fingerprint density at radius 3 is 2.40 bits per heavy atom. The number of aryl methyl sites for hydroxylation is 3. The van der Waals surface area contributed by atoms with Crippen LogP contribution in [0.5, 0.6) is 5.75 Å². The number of nitrogens with zero attached hydrogens (tertiary/aromatic N) is 3. The molecule has 3 aromatic rings. The summed E-state index contributed by atoms with van der Waals surface area (Å²) in [6.45, 7) is 8.37. The van der Waals surface area contributed by atoms with Crippen molar-refractivity contribution in [3.63, 3.8) is 0 Å². The first-order valence-electron chi connectivity index (χ1n) is 13.8. The number of hydrogen-bond acceptors (Lipinski definition) is 9. The quantitative estimate of drug-likeness (QED) is 0.361. The highest BCUT2D eigenvalue weighted by Crippen LogP contribution is 2.31. The minimum atomic E-state index is -3.99. The summed E-state index contributed by atoms with van der Waals surface area (Å²) >= 11 is 0. The second-order valence-electron chi connectivity index (χ2n) is 11.1. The molecule has 14 heteroatoms. The van der Waals surface area contributed by atoms with E-state index < -0.39 is 32.2 Å². The molecule has 0 saturated carbocycles. The highest BCUT2D eigenvalue weighted by atomic mass is 32.2. The number of amides is 1. The maximum absolute atomic E-state index is 13.5. The first kappa shape index (κ1) is 32.5. The SMILES string of the molecule is Cc1ccc(S(=O)(=O)Nc2ccc3c(c2)CC(=O)N([C@H](C)CO)C[C@H](C)[C@@H](CN(C)S(=O)(=O)c2c(C)noc2C)O3)cc1. The molecule has 43 heavy (non-hydrogen) atoms. The summed E-state index contributed by atoms with van der Waals surface area (Å²) < 4.78 is 68.2. The van der Waals surface area contributed by atoms with Gasteiger partial charge in [-0.1, -0.05) is 29.8 Å². The molecule has 1 aliphatic heterocycles. The summed E-state index contributed by atoms with van der Waals surface area (Å²) in [7, 11) is -6.46. The van der Waals surface area contributed by atoms with Crippen molar-refractivity contribution in [2.75, 3.05) is 31.5 Å². The second-order valence-corrected chi connectivity index (χ2v) is 14.7. The van der Waals surface area contributed by atoms with Gasteiger partial charge in [0.05, 0.1) is 30.5 Å². The van der Waals surface area contributed by atoms with Crippen LogP contribution in [0.2, 0.25) is 0 Å². The number of hydrogen-bond donors (Lipinski definition) is 2. The maximum atomic E-state index is 13.5.